The molecule has 0 saturated heterocycles. The quantitative estimate of drug-likeness (QED) is 0.0390. The molecular formula is C35H29F15N16. The summed E-state index contributed by atoms with van der Waals surface area (Å²) in [5.74, 6) is -9.07. The maximum atomic E-state index is 13.1. The highest BCUT2D eigenvalue weighted by atomic mass is 19.4. The van der Waals surface area contributed by atoms with E-state index in [1.54, 1.807) is 25.1 Å². The lowest BCUT2D eigenvalue weighted by Crippen LogP contribution is -2.36. The molecule has 0 aromatic carbocycles. The topological polar surface area (TPSA) is 220 Å². The fourth-order valence-corrected chi connectivity index (χ4v) is 5.63. The van der Waals surface area contributed by atoms with Crippen LogP contribution in [0.15, 0.2) is 60.1 Å². The molecule has 354 valence electrons. The normalized spacial score (nSPS) is 13.1. The number of hydrazone groups is 1. The van der Waals surface area contributed by atoms with Crippen molar-refractivity contribution in [1.82, 2.24) is 59.0 Å². The molecule has 0 bridgehead atoms. The zero-order chi connectivity index (χ0) is 49.0. The summed E-state index contributed by atoms with van der Waals surface area (Å²) in [6.07, 6.45) is -19.0. The number of aromatic amines is 1. The first-order valence-electron chi connectivity index (χ1n) is 18.3. The Morgan fingerprint density at radius 1 is 0.621 bits per heavy atom. The van der Waals surface area contributed by atoms with Gasteiger partial charge in [0, 0.05) is 57.1 Å². The van der Waals surface area contributed by atoms with Crippen molar-refractivity contribution < 1.29 is 65.9 Å². The molecule has 5 N–H and O–H groups in total. The number of halogens is 15. The number of aromatic nitrogens is 12. The third kappa shape index (κ3) is 10.8. The van der Waals surface area contributed by atoms with Gasteiger partial charge in [0.1, 0.15) is 46.3 Å². The molecule has 31 heteroatoms. The fourth-order valence-electron chi connectivity index (χ4n) is 5.63. The van der Waals surface area contributed by atoms with Crippen LogP contribution in [0.4, 0.5) is 65.9 Å². The second kappa shape index (κ2) is 18.7. The highest BCUT2D eigenvalue weighted by molar-refractivity contribution is 6.01. The molecule has 7 aromatic rings. The van der Waals surface area contributed by atoms with Crippen molar-refractivity contribution in [3.8, 4) is 17.6 Å². The number of nitrogens with zero attached hydrogens (tertiary/aromatic N) is 13. The zero-order valence-electron chi connectivity index (χ0n) is 33.1. The molecular weight excluding hydrogens is 929 g/mol. The first-order chi connectivity index (χ1) is 30.6. The standard InChI is InChI=1S/C13H11F5N6.C11H11F5N6.C11H7F5N4/c1-7-20-11(23-22-7)10-8-3-2-6-19-24(8)9(21-10)4-5-12(14,15)13(16,17)18;12-10(13,11(14,15)16)4-3-7-20-8(9(17)21-18)6-2-1-5-19-22(6)7;12-10(13,11(14,15)16)4-3-9-19-7(6-17)8-2-1-5-18-20(8)9/h2-3,6H,4-5H2,1H3,(H,20,22,23);1-2,5H,3-4,18H2,(H2,17,21);1-2,5H,3-4H2. The molecule has 0 unspecified atom stereocenters. The molecule has 0 radical (unpaired) electrons. The lowest BCUT2D eigenvalue weighted by Gasteiger charge is -2.18. The molecule has 0 aliphatic rings. The molecule has 66 heavy (non-hydrogen) atoms. The molecule has 0 fully saturated rings. The number of nitrogens with two attached hydrogens (primary N) is 2. The molecule has 7 aromatic heterocycles. The Morgan fingerprint density at radius 2 is 1.03 bits per heavy atom. The fraction of sp³-hybridized carbons (Fsp3) is 0.371. The van der Waals surface area contributed by atoms with E-state index in [1.165, 1.54) is 47.4 Å². The van der Waals surface area contributed by atoms with E-state index in [9.17, 15) is 65.9 Å². The van der Waals surface area contributed by atoms with Gasteiger partial charge in [0.05, 0.1) is 11.0 Å². The summed E-state index contributed by atoms with van der Waals surface area (Å²) in [7, 11) is 0. The van der Waals surface area contributed by atoms with Crippen molar-refractivity contribution in [2.24, 2.45) is 16.7 Å². The maximum Gasteiger partial charge on any atom is 0.453 e. The summed E-state index contributed by atoms with van der Waals surface area (Å²) in [4.78, 5) is 15.8. The third-order valence-electron chi connectivity index (χ3n) is 8.96. The van der Waals surface area contributed by atoms with Crippen molar-refractivity contribution in [1.29, 1.82) is 5.26 Å². The highest BCUT2D eigenvalue weighted by Gasteiger charge is 2.58. The number of nitriles is 1. The number of H-pyrrole nitrogens is 1. The van der Waals surface area contributed by atoms with Crippen LogP contribution in [0.25, 0.3) is 28.1 Å². The summed E-state index contributed by atoms with van der Waals surface area (Å²) in [5, 5.41) is 30.2. The van der Waals surface area contributed by atoms with E-state index < -0.39 is 74.8 Å². The first kappa shape index (κ1) is 49.7. The Hall–Kier alpha value is -7.29. The number of hydrogen-bond acceptors (Lipinski definition) is 11. The number of aryl methyl sites for hydroxylation is 4. The minimum Gasteiger partial charge on any atom is -0.380 e. The predicted molar refractivity (Wildman–Crippen MR) is 197 cm³/mol. The molecule has 7 rings (SSSR count). The lowest BCUT2D eigenvalue weighted by atomic mass is 10.1. The third-order valence-corrected chi connectivity index (χ3v) is 8.96. The Kier molecular flexibility index (Phi) is 14.1. The van der Waals surface area contributed by atoms with Gasteiger partial charge in [0.25, 0.3) is 0 Å². The van der Waals surface area contributed by atoms with Crippen LogP contribution in [0.1, 0.15) is 53.9 Å². The number of nitrogens with one attached hydrogen (secondary N) is 1. The number of rotatable bonds is 11. The van der Waals surface area contributed by atoms with Gasteiger partial charge >= 0.3 is 36.3 Å². The van der Waals surface area contributed by atoms with Gasteiger partial charge in [-0.15, -0.1) is 0 Å². The van der Waals surface area contributed by atoms with Crippen molar-refractivity contribution in [2.75, 3.05) is 0 Å². The van der Waals surface area contributed by atoms with Crippen LogP contribution < -0.4 is 11.6 Å². The van der Waals surface area contributed by atoms with E-state index in [0.717, 1.165) is 9.03 Å². The largest absolute Gasteiger partial charge is 0.453 e. The monoisotopic (exact) mass is 958 g/mol. The van der Waals surface area contributed by atoms with Crippen LogP contribution in [0.3, 0.4) is 0 Å². The van der Waals surface area contributed by atoms with Gasteiger partial charge < -0.3 is 11.6 Å². The summed E-state index contributed by atoms with van der Waals surface area (Å²) in [6.45, 7) is 1.66. The van der Waals surface area contributed by atoms with E-state index in [0.29, 0.717) is 16.9 Å². The van der Waals surface area contributed by atoms with Crippen LogP contribution in [-0.4, -0.2) is 101 Å². The Morgan fingerprint density at radius 3 is 1.45 bits per heavy atom. The van der Waals surface area contributed by atoms with Gasteiger partial charge in [-0.1, -0.05) is 0 Å². The van der Waals surface area contributed by atoms with Gasteiger partial charge in [0.15, 0.2) is 11.5 Å². The number of fused-ring (bicyclic) bond motifs is 3. The van der Waals surface area contributed by atoms with Crippen molar-refractivity contribution in [3.05, 3.63) is 89.7 Å². The van der Waals surface area contributed by atoms with Crippen LogP contribution in [0, 0.1) is 18.3 Å². The van der Waals surface area contributed by atoms with Crippen LogP contribution in [-0.2, 0) is 19.3 Å². The van der Waals surface area contributed by atoms with Gasteiger partial charge in [-0.3, -0.25) is 5.10 Å². The Balaban J connectivity index is 0.000000186. The van der Waals surface area contributed by atoms with E-state index >= 15 is 0 Å². The summed E-state index contributed by atoms with van der Waals surface area (Å²) in [6, 6.07) is 11.0. The number of hydrogen-bond donors (Lipinski definition) is 3. The number of amidine groups is 1. The molecule has 0 atom stereocenters. The van der Waals surface area contributed by atoms with E-state index in [2.05, 4.69) is 50.5 Å². The van der Waals surface area contributed by atoms with Crippen LogP contribution in [0.2, 0.25) is 0 Å². The SMILES string of the molecule is Cc1nc(-c2nc(CCC(F)(F)C(F)(F)F)n3ncccc23)n[nH]1.N#Cc1nc(CCC(F)(F)C(F)(F)F)n2ncccc12.N/N=C(\N)c1nc(CCC(F)(F)C(F)(F)F)n2ncccc12. The molecule has 16 nitrogen and oxygen atoms in total. The Labute approximate surface area is 358 Å². The summed E-state index contributed by atoms with van der Waals surface area (Å²) < 4.78 is 191. The number of imidazole rings is 3. The minimum atomic E-state index is -5.62. The maximum absolute atomic E-state index is 13.1. The molecule has 7 heterocycles. The molecule has 0 aliphatic heterocycles. The van der Waals surface area contributed by atoms with Crippen LogP contribution in [0.5, 0.6) is 0 Å². The average Bonchev–Trinajstić information content (AvgIpc) is 4.03. The summed E-state index contributed by atoms with van der Waals surface area (Å²) in [5.41, 5.74) is 6.77. The molecule has 0 saturated carbocycles. The average molecular weight is 959 g/mol. The number of alkyl halides is 15. The molecule has 0 spiro atoms. The smallest absolute Gasteiger partial charge is 0.380 e. The Bertz CT molecular complexity index is 2840. The predicted octanol–water partition coefficient (Wildman–Crippen LogP) is 7.12. The first-order valence-corrected chi connectivity index (χ1v) is 18.3. The lowest BCUT2D eigenvalue weighted by molar-refractivity contribution is -0.284. The van der Waals surface area contributed by atoms with Crippen molar-refractivity contribution >= 4 is 22.4 Å². The summed E-state index contributed by atoms with van der Waals surface area (Å²) >= 11 is 0. The van der Waals surface area contributed by atoms with Crippen molar-refractivity contribution in [3.63, 3.8) is 0 Å². The second-order valence-corrected chi connectivity index (χ2v) is 13.6. The van der Waals surface area contributed by atoms with Crippen LogP contribution >= 0.6 is 0 Å². The molecule has 0 aliphatic carbocycles. The van der Waals surface area contributed by atoms with Crippen molar-refractivity contribution in [2.45, 2.75) is 81.7 Å². The van der Waals surface area contributed by atoms with E-state index in [4.69, 9.17) is 16.8 Å². The van der Waals surface area contributed by atoms with E-state index in [-0.39, 0.29) is 51.7 Å². The minimum absolute atomic E-state index is 0.0213. The second-order valence-electron chi connectivity index (χ2n) is 13.6. The highest BCUT2D eigenvalue weighted by Crippen LogP contribution is 2.41. The van der Waals surface area contributed by atoms with Gasteiger partial charge in [-0.2, -0.15) is 96.6 Å². The van der Waals surface area contributed by atoms with Gasteiger partial charge in [0.2, 0.25) is 5.82 Å². The van der Waals surface area contributed by atoms with Gasteiger partial charge in [-0.05, 0) is 43.3 Å². The molecule has 0 amide bonds. The zero-order valence-corrected chi connectivity index (χ0v) is 33.1. The van der Waals surface area contributed by atoms with E-state index in [1.807, 2.05) is 0 Å². The van der Waals surface area contributed by atoms with Gasteiger partial charge in [-0.25, -0.2) is 33.5 Å².